The van der Waals surface area contributed by atoms with Crippen molar-refractivity contribution in [1.29, 1.82) is 0 Å². The van der Waals surface area contributed by atoms with Crippen LogP contribution in [0.2, 0.25) is 0 Å². The fraction of sp³-hybridized carbons (Fsp3) is 0.571. The fourth-order valence-corrected chi connectivity index (χ4v) is 2.07. The molecule has 1 aliphatic carbocycles. The van der Waals surface area contributed by atoms with Crippen LogP contribution in [0.3, 0.4) is 0 Å². The molecule has 0 aromatic rings. The molecule has 1 aliphatic rings. The lowest BCUT2D eigenvalue weighted by atomic mass is 9.86. The molecule has 78 valence electrons. The van der Waals surface area contributed by atoms with Gasteiger partial charge in [-0.3, -0.25) is 0 Å². The second-order valence-electron chi connectivity index (χ2n) is 4.13. The molecule has 0 saturated heterocycles. The van der Waals surface area contributed by atoms with Gasteiger partial charge in [0.15, 0.2) is 0 Å². The van der Waals surface area contributed by atoms with Crippen LogP contribution in [-0.2, 0) is 0 Å². The predicted octanol–water partition coefficient (Wildman–Crippen LogP) is 4.79. The molecule has 0 bridgehead atoms. The van der Waals surface area contributed by atoms with E-state index < -0.39 is 0 Å². The zero-order chi connectivity index (χ0) is 10.4. The van der Waals surface area contributed by atoms with Gasteiger partial charge in [0.25, 0.3) is 0 Å². The van der Waals surface area contributed by atoms with Crippen molar-refractivity contribution in [2.24, 2.45) is 0 Å². The van der Waals surface area contributed by atoms with Crippen molar-refractivity contribution in [3.05, 3.63) is 35.5 Å². The van der Waals surface area contributed by atoms with Crippen molar-refractivity contribution in [2.75, 3.05) is 0 Å². The summed E-state index contributed by atoms with van der Waals surface area (Å²) < 4.78 is 0. The quantitative estimate of drug-likeness (QED) is 0.559. The van der Waals surface area contributed by atoms with Gasteiger partial charge in [0.1, 0.15) is 0 Å². The summed E-state index contributed by atoms with van der Waals surface area (Å²) >= 11 is 0. The minimum absolute atomic E-state index is 1.15. The molecule has 0 saturated carbocycles. The summed E-state index contributed by atoms with van der Waals surface area (Å²) in [5, 5.41) is 0. The Kier molecular flexibility index (Phi) is 4.72. The normalized spacial score (nSPS) is 18.3. The van der Waals surface area contributed by atoms with Gasteiger partial charge in [0.05, 0.1) is 0 Å². The molecule has 0 aromatic heterocycles. The van der Waals surface area contributed by atoms with Crippen LogP contribution in [0.4, 0.5) is 0 Å². The number of rotatable bonds is 4. The van der Waals surface area contributed by atoms with E-state index in [1.165, 1.54) is 37.7 Å². The maximum atomic E-state index is 4.16. The van der Waals surface area contributed by atoms with Crippen molar-refractivity contribution in [3.63, 3.8) is 0 Å². The van der Waals surface area contributed by atoms with Gasteiger partial charge in [-0.05, 0) is 51.0 Å². The molecular weight excluding hydrogens is 168 g/mol. The summed E-state index contributed by atoms with van der Waals surface area (Å²) in [4.78, 5) is 0. The standard InChI is InChI=1S/C14H22/c1-4-5-6-7-11-14-12(2)9-8-10-13(14)3/h5-6H,2,4,7-11H2,1,3H3/b6-5-. The van der Waals surface area contributed by atoms with E-state index in [9.17, 15) is 0 Å². The van der Waals surface area contributed by atoms with E-state index >= 15 is 0 Å². The highest BCUT2D eigenvalue weighted by atomic mass is 14.2. The summed E-state index contributed by atoms with van der Waals surface area (Å²) in [6.45, 7) is 8.61. The molecule has 1 rings (SSSR count). The molecule has 0 aliphatic heterocycles. The van der Waals surface area contributed by atoms with Gasteiger partial charge < -0.3 is 0 Å². The lowest BCUT2D eigenvalue weighted by molar-refractivity contribution is 0.741. The maximum absolute atomic E-state index is 4.16. The fourth-order valence-electron chi connectivity index (χ4n) is 2.07. The van der Waals surface area contributed by atoms with E-state index in [-0.39, 0.29) is 0 Å². The molecule has 0 heteroatoms. The van der Waals surface area contributed by atoms with Crippen LogP contribution < -0.4 is 0 Å². The number of hydrogen-bond donors (Lipinski definition) is 0. The van der Waals surface area contributed by atoms with Crippen LogP contribution >= 0.6 is 0 Å². The smallest absolute Gasteiger partial charge is 0.0242 e. The van der Waals surface area contributed by atoms with Crippen molar-refractivity contribution in [1.82, 2.24) is 0 Å². The zero-order valence-electron chi connectivity index (χ0n) is 9.60. The SMILES string of the molecule is C=C1CCCC(C)=C1CC/C=C\CC. The minimum Gasteiger partial charge on any atom is -0.0956 e. The first-order valence-corrected chi connectivity index (χ1v) is 5.77. The van der Waals surface area contributed by atoms with E-state index in [2.05, 4.69) is 32.6 Å². The number of hydrogen-bond acceptors (Lipinski definition) is 0. The Morgan fingerprint density at radius 1 is 1.29 bits per heavy atom. The van der Waals surface area contributed by atoms with E-state index in [1.807, 2.05) is 0 Å². The molecule has 0 amide bonds. The third-order valence-corrected chi connectivity index (χ3v) is 2.94. The summed E-state index contributed by atoms with van der Waals surface area (Å²) in [6, 6.07) is 0. The van der Waals surface area contributed by atoms with Crippen molar-refractivity contribution in [2.45, 2.75) is 52.4 Å². The Hall–Kier alpha value is -0.780. The lowest BCUT2D eigenvalue weighted by Gasteiger charge is -2.19. The Morgan fingerprint density at radius 3 is 2.71 bits per heavy atom. The molecule has 14 heavy (non-hydrogen) atoms. The topological polar surface area (TPSA) is 0 Å². The van der Waals surface area contributed by atoms with E-state index in [0.717, 1.165) is 6.42 Å². The highest BCUT2D eigenvalue weighted by molar-refractivity contribution is 5.35. The molecule has 0 radical (unpaired) electrons. The Morgan fingerprint density at radius 2 is 2.07 bits per heavy atom. The highest BCUT2D eigenvalue weighted by Gasteiger charge is 2.11. The van der Waals surface area contributed by atoms with Gasteiger partial charge >= 0.3 is 0 Å². The third kappa shape index (κ3) is 3.17. The number of allylic oxidation sites excluding steroid dienone is 5. The van der Waals surface area contributed by atoms with Crippen LogP contribution in [0.5, 0.6) is 0 Å². The van der Waals surface area contributed by atoms with Crippen LogP contribution in [-0.4, -0.2) is 0 Å². The summed E-state index contributed by atoms with van der Waals surface area (Å²) in [5.74, 6) is 0. The lowest BCUT2D eigenvalue weighted by Crippen LogP contribution is -2.00. The highest BCUT2D eigenvalue weighted by Crippen LogP contribution is 2.31. The largest absolute Gasteiger partial charge is 0.0956 e. The maximum Gasteiger partial charge on any atom is -0.0242 e. The second-order valence-corrected chi connectivity index (χ2v) is 4.13. The Balaban J connectivity index is 2.48. The van der Waals surface area contributed by atoms with Gasteiger partial charge in [0.2, 0.25) is 0 Å². The van der Waals surface area contributed by atoms with E-state index in [0.29, 0.717) is 0 Å². The van der Waals surface area contributed by atoms with Crippen molar-refractivity contribution < 1.29 is 0 Å². The van der Waals surface area contributed by atoms with Crippen molar-refractivity contribution in [3.8, 4) is 0 Å². The molecule has 0 nitrogen and oxygen atoms in total. The average Bonchev–Trinajstić information content (AvgIpc) is 2.16. The van der Waals surface area contributed by atoms with E-state index in [4.69, 9.17) is 0 Å². The molecule has 0 N–H and O–H groups in total. The van der Waals surface area contributed by atoms with Crippen molar-refractivity contribution >= 4 is 0 Å². The monoisotopic (exact) mass is 190 g/mol. The molecule has 0 atom stereocenters. The second kappa shape index (κ2) is 5.85. The first-order chi connectivity index (χ1) is 6.75. The zero-order valence-corrected chi connectivity index (χ0v) is 9.60. The minimum atomic E-state index is 1.15. The predicted molar refractivity (Wildman–Crippen MR) is 64.4 cm³/mol. The van der Waals surface area contributed by atoms with Crippen LogP contribution in [0.25, 0.3) is 0 Å². The van der Waals surface area contributed by atoms with Crippen LogP contribution in [0.1, 0.15) is 52.4 Å². The molecule has 0 fully saturated rings. The van der Waals surface area contributed by atoms with Gasteiger partial charge in [-0.15, -0.1) is 0 Å². The molecule has 0 heterocycles. The van der Waals surface area contributed by atoms with Gasteiger partial charge in [-0.1, -0.05) is 36.8 Å². The summed E-state index contributed by atoms with van der Waals surface area (Å²) in [7, 11) is 0. The van der Waals surface area contributed by atoms with E-state index in [1.54, 1.807) is 11.1 Å². The molecule has 0 spiro atoms. The van der Waals surface area contributed by atoms with Gasteiger partial charge in [-0.25, -0.2) is 0 Å². The summed E-state index contributed by atoms with van der Waals surface area (Å²) in [5.41, 5.74) is 4.52. The van der Waals surface area contributed by atoms with Gasteiger partial charge in [0, 0.05) is 0 Å². The molecule has 0 unspecified atom stereocenters. The molecular formula is C14H22. The Labute approximate surface area is 88.4 Å². The average molecular weight is 190 g/mol. The van der Waals surface area contributed by atoms with Crippen LogP contribution in [0, 0.1) is 0 Å². The first-order valence-electron chi connectivity index (χ1n) is 5.77. The van der Waals surface area contributed by atoms with Gasteiger partial charge in [-0.2, -0.15) is 0 Å². The Bertz CT molecular complexity index is 253. The first kappa shape index (κ1) is 11.3. The third-order valence-electron chi connectivity index (χ3n) is 2.94. The molecule has 0 aromatic carbocycles. The summed E-state index contributed by atoms with van der Waals surface area (Å²) in [6.07, 6.45) is 11.9. The van der Waals surface area contributed by atoms with Crippen LogP contribution in [0.15, 0.2) is 35.5 Å².